The van der Waals surface area contributed by atoms with Gasteiger partial charge in [0.2, 0.25) is 0 Å². The molecule has 0 saturated heterocycles. The summed E-state index contributed by atoms with van der Waals surface area (Å²) < 4.78 is 24.4. The lowest BCUT2D eigenvalue weighted by atomic mass is 10.2. The van der Waals surface area contributed by atoms with Crippen molar-refractivity contribution in [3.05, 3.63) is 62.4 Å². The van der Waals surface area contributed by atoms with E-state index in [4.69, 9.17) is 9.47 Å². The van der Waals surface area contributed by atoms with Crippen LogP contribution in [0.5, 0.6) is 11.5 Å². The van der Waals surface area contributed by atoms with Crippen LogP contribution >= 0.6 is 15.9 Å². The Morgan fingerprint density at radius 2 is 2.00 bits per heavy atom. The van der Waals surface area contributed by atoms with E-state index in [0.29, 0.717) is 15.8 Å². The maximum atomic E-state index is 13.3. The summed E-state index contributed by atoms with van der Waals surface area (Å²) in [5, 5.41) is 10.8. The molecule has 0 unspecified atom stereocenters. The number of nitrogens with zero attached hydrogens (tertiary/aromatic N) is 1. The minimum Gasteiger partial charge on any atom is -0.493 e. The van der Waals surface area contributed by atoms with Crippen molar-refractivity contribution < 1.29 is 18.8 Å². The Kier molecular flexibility index (Phi) is 4.74. The summed E-state index contributed by atoms with van der Waals surface area (Å²) in [6.07, 6.45) is 0. The summed E-state index contributed by atoms with van der Waals surface area (Å²) in [7, 11) is 1.44. The van der Waals surface area contributed by atoms with Gasteiger partial charge in [-0.3, -0.25) is 10.1 Å². The van der Waals surface area contributed by atoms with Crippen molar-refractivity contribution in [1.82, 2.24) is 0 Å². The van der Waals surface area contributed by atoms with Gasteiger partial charge in [-0.2, -0.15) is 0 Å². The molecule has 0 aliphatic carbocycles. The van der Waals surface area contributed by atoms with Crippen LogP contribution in [0, 0.1) is 15.9 Å². The van der Waals surface area contributed by atoms with Crippen LogP contribution in [0.4, 0.5) is 10.1 Å². The standard InChI is InChI=1S/C14H11BrFNO4/c1-20-13-3-2-12(17(18)19)7-14(13)21-8-9-4-10(15)6-11(16)5-9/h2-7H,8H2,1H3. The van der Waals surface area contributed by atoms with E-state index in [1.54, 1.807) is 6.07 Å². The molecule has 110 valence electrons. The van der Waals surface area contributed by atoms with E-state index >= 15 is 0 Å². The van der Waals surface area contributed by atoms with Crippen molar-refractivity contribution in [3.8, 4) is 11.5 Å². The fourth-order valence-electron chi connectivity index (χ4n) is 1.75. The average molecular weight is 356 g/mol. The largest absolute Gasteiger partial charge is 0.493 e. The Balaban J connectivity index is 2.21. The Bertz CT molecular complexity index is 658. The van der Waals surface area contributed by atoms with Crippen molar-refractivity contribution in [3.63, 3.8) is 0 Å². The molecule has 2 rings (SSSR count). The highest BCUT2D eigenvalue weighted by Gasteiger charge is 2.12. The van der Waals surface area contributed by atoms with Crippen molar-refractivity contribution >= 4 is 21.6 Å². The molecule has 2 aromatic rings. The second kappa shape index (κ2) is 6.53. The number of methoxy groups -OCH3 is 1. The van der Waals surface area contributed by atoms with Crippen molar-refractivity contribution in [2.24, 2.45) is 0 Å². The molecule has 0 saturated carbocycles. The maximum absolute atomic E-state index is 13.3. The Hall–Kier alpha value is -2.15. The lowest BCUT2D eigenvalue weighted by Crippen LogP contribution is -1.99. The summed E-state index contributed by atoms with van der Waals surface area (Å²) in [6, 6.07) is 8.41. The van der Waals surface area contributed by atoms with Gasteiger partial charge in [0.1, 0.15) is 12.4 Å². The molecule has 0 radical (unpaired) electrons. The number of benzene rings is 2. The fraction of sp³-hybridized carbons (Fsp3) is 0.143. The number of ether oxygens (including phenoxy) is 2. The highest BCUT2D eigenvalue weighted by Crippen LogP contribution is 2.31. The Morgan fingerprint density at radius 1 is 1.24 bits per heavy atom. The van der Waals surface area contributed by atoms with E-state index in [1.807, 2.05) is 0 Å². The van der Waals surface area contributed by atoms with Gasteiger partial charge in [0.05, 0.1) is 18.1 Å². The topological polar surface area (TPSA) is 61.6 Å². The summed E-state index contributed by atoms with van der Waals surface area (Å²) in [5.74, 6) is 0.206. The van der Waals surface area contributed by atoms with Crippen LogP contribution in [0.1, 0.15) is 5.56 Å². The van der Waals surface area contributed by atoms with Gasteiger partial charge in [0, 0.05) is 10.5 Å². The first-order chi connectivity index (χ1) is 9.99. The lowest BCUT2D eigenvalue weighted by molar-refractivity contribution is -0.385. The van der Waals surface area contributed by atoms with Crippen molar-refractivity contribution in [2.45, 2.75) is 6.61 Å². The normalized spacial score (nSPS) is 10.2. The van der Waals surface area contributed by atoms with Gasteiger partial charge in [-0.15, -0.1) is 0 Å². The number of hydrogen-bond acceptors (Lipinski definition) is 4. The van der Waals surface area contributed by atoms with Crippen LogP contribution in [-0.2, 0) is 6.61 Å². The zero-order chi connectivity index (χ0) is 15.4. The van der Waals surface area contributed by atoms with Crippen molar-refractivity contribution in [1.29, 1.82) is 0 Å². The lowest BCUT2D eigenvalue weighted by Gasteiger charge is -2.10. The highest BCUT2D eigenvalue weighted by atomic mass is 79.9. The predicted molar refractivity (Wildman–Crippen MR) is 78.1 cm³/mol. The van der Waals surface area contributed by atoms with E-state index in [2.05, 4.69) is 15.9 Å². The van der Waals surface area contributed by atoms with E-state index in [0.717, 1.165) is 0 Å². The third-order valence-electron chi connectivity index (χ3n) is 2.67. The molecule has 0 aromatic heterocycles. The molecule has 0 spiro atoms. The Morgan fingerprint density at radius 3 is 2.62 bits per heavy atom. The van der Waals surface area contributed by atoms with E-state index in [1.165, 1.54) is 37.4 Å². The third kappa shape index (κ3) is 3.91. The molecule has 21 heavy (non-hydrogen) atoms. The van der Waals surface area contributed by atoms with Crippen LogP contribution in [0.15, 0.2) is 40.9 Å². The first-order valence-electron chi connectivity index (χ1n) is 5.90. The summed E-state index contributed by atoms with van der Waals surface area (Å²) >= 11 is 3.19. The molecule has 0 atom stereocenters. The minimum absolute atomic E-state index is 0.0634. The van der Waals surface area contributed by atoms with Gasteiger partial charge in [-0.05, 0) is 29.8 Å². The van der Waals surface area contributed by atoms with Crippen LogP contribution < -0.4 is 9.47 Å². The molecule has 0 aliphatic heterocycles. The number of nitro benzene ring substituents is 1. The van der Waals surface area contributed by atoms with Gasteiger partial charge in [-0.1, -0.05) is 15.9 Å². The number of halogens is 2. The van der Waals surface area contributed by atoms with Crippen LogP contribution in [0.2, 0.25) is 0 Å². The van der Waals surface area contributed by atoms with Gasteiger partial charge >= 0.3 is 0 Å². The Labute approximate surface area is 128 Å². The molecular weight excluding hydrogens is 345 g/mol. The first-order valence-corrected chi connectivity index (χ1v) is 6.69. The zero-order valence-corrected chi connectivity index (χ0v) is 12.6. The van der Waals surface area contributed by atoms with Gasteiger partial charge in [-0.25, -0.2) is 4.39 Å². The quantitative estimate of drug-likeness (QED) is 0.598. The average Bonchev–Trinajstić information content (AvgIpc) is 2.43. The van der Waals surface area contributed by atoms with Crippen molar-refractivity contribution in [2.75, 3.05) is 7.11 Å². The van der Waals surface area contributed by atoms with Crippen LogP contribution in [0.3, 0.4) is 0 Å². The molecule has 0 fully saturated rings. The molecular formula is C14H11BrFNO4. The molecule has 0 bridgehead atoms. The van der Waals surface area contributed by atoms with Gasteiger partial charge < -0.3 is 9.47 Å². The van der Waals surface area contributed by atoms with Crippen LogP contribution in [-0.4, -0.2) is 12.0 Å². The van der Waals surface area contributed by atoms with Crippen LogP contribution in [0.25, 0.3) is 0 Å². The SMILES string of the molecule is COc1ccc([N+](=O)[O-])cc1OCc1cc(F)cc(Br)c1. The predicted octanol–water partition coefficient (Wildman–Crippen LogP) is 4.08. The monoisotopic (exact) mass is 355 g/mol. The molecule has 0 amide bonds. The summed E-state index contributed by atoms with van der Waals surface area (Å²) in [5.41, 5.74) is 0.488. The molecule has 5 nitrogen and oxygen atoms in total. The third-order valence-corrected chi connectivity index (χ3v) is 3.13. The maximum Gasteiger partial charge on any atom is 0.273 e. The van der Waals surface area contributed by atoms with Gasteiger partial charge in [0.15, 0.2) is 11.5 Å². The number of hydrogen-bond donors (Lipinski definition) is 0. The number of rotatable bonds is 5. The summed E-state index contributed by atoms with van der Waals surface area (Å²) in [4.78, 5) is 10.2. The molecule has 0 heterocycles. The number of non-ortho nitro benzene ring substituents is 1. The minimum atomic E-state index is -0.523. The smallest absolute Gasteiger partial charge is 0.273 e. The second-order valence-corrected chi connectivity index (χ2v) is 5.07. The molecule has 0 N–H and O–H groups in total. The molecule has 0 aliphatic rings. The number of nitro groups is 1. The first kappa shape index (κ1) is 15.2. The van der Waals surface area contributed by atoms with E-state index in [9.17, 15) is 14.5 Å². The zero-order valence-electron chi connectivity index (χ0n) is 11.0. The van der Waals surface area contributed by atoms with E-state index in [-0.39, 0.29) is 18.0 Å². The fourth-order valence-corrected chi connectivity index (χ4v) is 2.26. The van der Waals surface area contributed by atoms with Gasteiger partial charge in [0.25, 0.3) is 5.69 Å². The molecule has 7 heteroatoms. The second-order valence-electron chi connectivity index (χ2n) is 4.16. The highest BCUT2D eigenvalue weighted by molar-refractivity contribution is 9.10. The molecule has 2 aromatic carbocycles. The van der Waals surface area contributed by atoms with E-state index < -0.39 is 10.7 Å². The summed E-state index contributed by atoms with van der Waals surface area (Å²) in [6.45, 7) is 0.0634.